The monoisotopic (exact) mass is 863 g/mol. The molecule has 0 saturated heterocycles. The van der Waals surface area contributed by atoms with Crippen molar-refractivity contribution in [1.29, 1.82) is 0 Å². The van der Waals surface area contributed by atoms with Crippen molar-refractivity contribution in [3.05, 3.63) is 188 Å². The lowest BCUT2D eigenvalue weighted by molar-refractivity contribution is 0.465. The van der Waals surface area contributed by atoms with Gasteiger partial charge >= 0.3 is 0 Å². The SMILES string of the molecule is c1ccc2c(c1)oc1cc3c4c(c5cccc6c5n4-c4c5c(cc7c4B3c3ccc(-n4c8ccccc8c8ccccc84)cc3O7)Oc3cc(-n4c7ccccc7c7ccccc74)ccc3B56)c12. The molecule has 0 N–H and O–H groups in total. The van der Waals surface area contributed by atoms with Gasteiger partial charge in [-0.05, 0) is 81.3 Å². The van der Waals surface area contributed by atoms with Gasteiger partial charge in [0, 0.05) is 83.9 Å². The molecule has 8 heterocycles. The van der Waals surface area contributed by atoms with Crippen molar-refractivity contribution < 1.29 is 13.9 Å². The van der Waals surface area contributed by atoms with Crippen molar-refractivity contribution >= 4 is 134 Å². The Balaban J connectivity index is 0.943. The number of nitrogens with zero attached hydrogens (tertiary/aromatic N) is 3. The van der Waals surface area contributed by atoms with E-state index in [-0.39, 0.29) is 13.4 Å². The van der Waals surface area contributed by atoms with E-state index in [1.165, 1.54) is 81.9 Å². The second kappa shape index (κ2) is 11.7. The third kappa shape index (κ3) is 3.93. The van der Waals surface area contributed by atoms with E-state index in [0.717, 1.165) is 78.3 Å². The summed E-state index contributed by atoms with van der Waals surface area (Å²) in [4.78, 5) is 0. The van der Waals surface area contributed by atoms with Gasteiger partial charge < -0.3 is 27.6 Å². The first-order valence-electron chi connectivity index (χ1n) is 23.5. The minimum atomic E-state index is -0.126. The molecule has 0 atom stereocenters. The molecule has 10 aromatic carbocycles. The van der Waals surface area contributed by atoms with E-state index in [9.17, 15) is 0 Å². The molecule has 0 amide bonds. The zero-order valence-corrected chi connectivity index (χ0v) is 36.1. The van der Waals surface area contributed by atoms with Crippen molar-refractivity contribution in [1.82, 2.24) is 13.7 Å². The highest BCUT2D eigenvalue weighted by Crippen LogP contribution is 2.47. The summed E-state index contributed by atoms with van der Waals surface area (Å²) in [7, 11) is 0. The topological polar surface area (TPSA) is 46.4 Å². The quantitative estimate of drug-likeness (QED) is 0.163. The van der Waals surface area contributed by atoms with Crippen LogP contribution in [0.15, 0.2) is 192 Å². The Morgan fingerprint density at radius 3 is 1.40 bits per heavy atom. The van der Waals surface area contributed by atoms with E-state index in [4.69, 9.17) is 13.9 Å². The van der Waals surface area contributed by atoms with Gasteiger partial charge in [0.15, 0.2) is 0 Å². The van der Waals surface area contributed by atoms with E-state index in [1.807, 2.05) is 0 Å². The van der Waals surface area contributed by atoms with Crippen LogP contribution >= 0.6 is 0 Å². The summed E-state index contributed by atoms with van der Waals surface area (Å²) in [6, 6.07) is 68.4. The molecule has 0 fully saturated rings. The van der Waals surface area contributed by atoms with Crippen molar-refractivity contribution in [3.63, 3.8) is 0 Å². The minimum absolute atomic E-state index is 0.0698. The number of fused-ring (bicyclic) bond motifs is 17. The lowest BCUT2D eigenvalue weighted by atomic mass is 9.30. The van der Waals surface area contributed by atoms with Crippen LogP contribution < -0.4 is 42.3 Å². The second-order valence-corrected chi connectivity index (χ2v) is 19.0. The van der Waals surface area contributed by atoms with Crippen LogP contribution in [0.4, 0.5) is 0 Å². The van der Waals surface area contributed by atoms with Crippen LogP contribution in [0, 0.1) is 0 Å². The molecule has 0 unspecified atom stereocenters. The third-order valence-electron chi connectivity index (χ3n) is 15.9. The Bertz CT molecular complexity index is 4620. The summed E-state index contributed by atoms with van der Waals surface area (Å²) in [5.41, 5.74) is 19.4. The number of benzene rings is 10. The highest BCUT2D eigenvalue weighted by molar-refractivity contribution is 7.03. The highest BCUT2D eigenvalue weighted by atomic mass is 16.5. The van der Waals surface area contributed by atoms with Gasteiger partial charge in [-0.3, -0.25) is 0 Å². The predicted octanol–water partition coefficient (Wildman–Crippen LogP) is 10.7. The molecule has 0 radical (unpaired) electrons. The average molecular weight is 864 g/mol. The van der Waals surface area contributed by atoms with Gasteiger partial charge in [-0.25, -0.2) is 0 Å². The van der Waals surface area contributed by atoms with Crippen LogP contribution in [0.25, 0.3) is 104 Å². The number of hydrogen-bond acceptors (Lipinski definition) is 3. The van der Waals surface area contributed by atoms with Gasteiger partial charge in [-0.2, -0.15) is 0 Å². The molecular weight excluding hydrogens is 832 g/mol. The van der Waals surface area contributed by atoms with Gasteiger partial charge in [0.1, 0.15) is 34.2 Å². The Morgan fingerprint density at radius 1 is 0.324 bits per heavy atom. The molecule has 6 nitrogen and oxygen atoms in total. The molecular formula is C60H31B2N3O3. The van der Waals surface area contributed by atoms with Crippen molar-refractivity contribution in [2.75, 3.05) is 0 Å². The lowest BCUT2D eigenvalue weighted by Gasteiger charge is -2.40. The molecule has 4 aromatic heterocycles. The number of ether oxygens (including phenoxy) is 2. The fourth-order valence-corrected chi connectivity index (χ4v) is 13.4. The number of furan rings is 1. The van der Waals surface area contributed by atoms with Crippen LogP contribution in [0.3, 0.4) is 0 Å². The normalized spacial score (nSPS) is 13.8. The first kappa shape index (κ1) is 34.5. The highest BCUT2D eigenvalue weighted by Gasteiger charge is 2.49. The molecule has 8 heteroatoms. The van der Waals surface area contributed by atoms with Crippen LogP contribution in [0.1, 0.15) is 0 Å². The maximum absolute atomic E-state index is 7.33. The van der Waals surface area contributed by atoms with E-state index < -0.39 is 0 Å². The van der Waals surface area contributed by atoms with E-state index in [0.29, 0.717) is 0 Å². The molecule has 18 rings (SSSR count). The molecule has 4 aliphatic heterocycles. The molecule has 68 heavy (non-hydrogen) atoms. The van der Waals surface area contributed by atoms with E-state index in [1.54, 1.807) is 0 Å². The standard InChI is InChI=1S/C60H31B2N3O3/c1-6-19-44-34(12-1)35-13-2-7-20-45(35)63(44)32-24-26-40-49(28-32)67-52-31-53-57-60-56(52)61(40)42-18-11-17-39-55-54-38-16-5-10-23-48(38)66-51(54)30-43(59(55)65(60)58(39)42)62(57)41-27-25-33(29-50(41)68-53)64-46-21-8-3-14-36(46)37-15-4-9-22-47(37)64/h1-31H. The van der Waals surface area contributed by atoms with Crippen molar-refractivity contribution in [3.8, 4) is 40.1 Å². The number of para-hydroxylation sites is 6. The molecule has 0 aliphatic carbocycles. The van der Waals surface area contributed by atoms with Gasteiger partial charge in [-0.15, -0.1) is 0 Å². The summed E-state index contributed by atoms with van der Waals surface area (Å²) in [6.07, 6.45) is 0. The van der Waals surface area contributed by atoms with Crippen LogP contribution in [-0.4, -0.2) is 27.1 Å². The van der Waals surface area contributed by atoms with Crippen LogP contribution in [0.2, 0.25) is 0 Å². The summed E-state index contributed by atoms with van der Waals surface area (Å²) in [5, 5.41) is 9.69. The van der Waals surface area contributed by atoms with Crippen molar-refractivity contribution in [2.45, 2.75) is 0 Å². The fraction of sp³-hybridized carbons (Fsp3) is 0. The van der Waals surface area contributed by atoms with Crippen LogP contribution in [0.5, 0.6) is 23.0 Å². The second-order valence-electron chi connectivity index (χ2n) is 19.0. The summed E-state index contributed by atoms with van der Waals surface area (Å²) in [5.74, 6) is 3.35. The zero-order chi connectivity index (χ0) is 43.7. The number of aromatic nitrogens is 3. The molecule has 310 valence electrons. The lowest BCUT2D eigenvalue weighted by Crippen LogP contribution is -2.65. The third-order valence-corrected chi connectivity index (χ3v) is 15.9. The fourth-order valence-electron chi connectivity index (χ4n) is 13.4. The van der Waals surface area contributed by atoms with Gasteiger partial charge in [0.2, 0.25) is 0 Å². The van der Waals surface area contributed by atoms with Gasteiger partial charge in [0.25, 0.3) is 13.4 Å². The Labute approximate surface area is 387 Å². The maximum Gasteiger partial charge on any atom is 0.256 e. The van der Waals surface area contributed by atoms with E-state index >= 15 is 0 Å². The number of hydrogen-bond donors (Lipinski definition) is 0. The minimum Gasteiger partial charge on any atom is -0.458 e. The largest absolute Gasteiger partial charge is 0.458 e. The zero-order valence-electron chi connectivity index (χ0n) is 36.1. The van der Waals surface area contributed by atoms with Gasteiger partial charge in [0.05, 0.1) is 27.6 Å². The smallest absolute Gasteiger partial charge is 0.256 e. The van der Waals surface area contributed by atoms with Gasteiger partial charge in [-0.1, -0.05) is 121 Å². The summed E-state index contributed by atoms with van der Waals surface area (Å²) < 4.78 is 28.8. The first-order chi connectivity index (χ1) is 33.7. The average Bonchev–Trinajstić information content (AvgIpc) is 4.13. The summed E-state index contributed by atoms with van der Waals surface area (Å²) in [6.45, 7) is -0.195. The Morgan fingerprint density at radius 2 is 0.824 bits per heavy atom. The first-order valence-corrected chi connectivity index (χ1v) is 23.5. The molecule has 0 saturated carbocycles. The van der Waals surface area contributed by atoms with Crippen LogP contribution in [-0.2, 0) is 0 Å². The van der Waals surface area contributed by atoms with Crippen molar-refractivity contribution in [2.24, 2.45) is 0 Å². The molecule has 0 spiro atoms. The molecule has 4 aliphatic rings. The summed E-state index contributed by atoms with van der Waals surface area (Å²) >= 11 is 0. The molecule has 0 bridgehead atoms. The number of rotatable bonds is 2. The Hall–Kier alpha value is -8.87. The molecule has 14 aromatic rings. The van der Waals surface area contributed by atoms with E-state index in [2.05, 4.69) is 202 Å². The predicted molar refractivity (Wildman–Crippen MR) is 279 cm³/mol. The maximum atomic E-state index is 7.33. The Kier molecular flexibility index (Phi) is 5.95.